The largest absolute Gasteiger partial charge is 0.271 e. The highest BCUT2D eigenvalue weighted by molar-refractivity contribution is 7.99. The number of hydrogen-bond donors (Lipinski definition) is 1. The van der Waals surface area contributed by atoms with Gasteiger partial charge in [0.05, 0.1) is 11.1 Å². The van der Waals surface area contributed by atoms with Gasteiger partial charge < -0.3 is 0 Å². The molecule has 10 heteroatoms. The Labute approximate surface area is 168 Å². The Morgan fingerprint density at radius 1 is 1.18 bits per heavy atom. The zero-order chi connectivity index (χ0) is 19.9. The maximum absolute atomic E-state index is 12.1. The van der Waals surface area contributed by atoms with Crippen molar-refractivity contribution in [1.82, 2.24) is 15.4 Å². The molecule has 1 heterocycles. The van der Waals surface area contributed by atoms with E-state index >= 15 is 0 Å². The number of non-ortho nitro benzene ring substituents is 1. The van der Waals surface area contributed by atoms with E-state index in [9.17, 15) is 14.9 Å². The van der Waals surface area contributed by atoms with Crippen LogP contribution in [0.5, 0.6) is 0 Å². The van der Waals surface area contributed by atoms with Crippen molar-refractivity contribution in [3.63, 3.8) is 0 Å². The zero-order valence-electron chi connectivity index (χ0n) is 14.2. The quantitative estimate of drug-likeness (QED) is 0.283. The van der Waals surface area contributed by atoms with Crippen LogP contribution in [0.15, 0.2) is 76.1 Å². The van der Waals surface area contributed by atoms with Gasteiger partial charge in [-0.3, -0.25) is 14.9 Å². The van der Waals surface area contributed by atoms with Crippen molar-refractivity contribution in [2.45, 2.75) is 10.1 Å². The number of aromatic nitrogens is 2. The van der Waals surface area contributed by atoms with Crippen LogP contribution in [-0.2, 0) is 0 Å². The number of benzene rings is 2. The van der Waals surface area contributed by atoms with Crippen LogP contribution in [0.25, 0.3) is 0 Å². The molecule has 0 unspecified atom stereocenters. The third-order valence-corrected chi connectivity index (χ3v) is 4.62. The minimum atomic E-state index is -0.505. The minimum absolute atomic E-state index is 0.0963. The van der Waals surface area contributed by atoms with Crippen LogP contribution in [0.2, 0.25) is 5.02 Å². The van der Waals surface area contributed by atoms with Crippen molar-refractivity contribution in [2.75, 3.05) is 0 Å². The van der Waals surface area contributed by atoms with E-state index < -0.39 is 10.8 Å². The van der Waals surface area contributed by atoms with Crippen LogP contribution in [0, 0.1) is 10.1 Å². The molecule has 28 heavy (non-hydrogen) atoms. The molecule has 0 bridgehead atoms. The van der Waals surface area contributed by atoms with Crippen molar-refractivity contribution in [3.8, 4) is 0 Å². The molecule has 2 aromatic carbocycles. The molecular weight excluding hydrogens is 402 g/mol. The first-order valence-electron chi connectivity index (χ1n) is 7.85. The van der Waals surface area contributed by atoms with Crippen molar-refractivity contribution in [2.24, 2.45) is 5.10 Å². The average Bonchev–Trinajstić information content (AvgIpc) is 2.69. The van der Waals surface area contributed by atoms with Gasteiger partial charge in [-0.2, -0.15) is 5.10 Å². The highest BCUT2D eigenvalue weighted by Crippen LogP contribution is 2.29. The first-order chi connectivity index (χ1) is 13.5. The van der Waals surface area contributed by atoms with Crippen LogP contribution in [0.4, 0.5) is 5.69 Å². The molecule has 0 aliphatic carbocycles. The lowest BCUT2D eigenvalue weighted by atomic mass is 10.2. The third kappa shape index (κ3) is 5.12. The lowest BCUT2D eigenvalue weighted by molar-refractivity contribution is -0.384. The number of hydrazone groups is 1. The minimum Gasteiger partial charge on any atom is -0.267 e. The SMILES string of the molecule is O=C(N/N=C/c1cc([N+](=O)[O-])ccc1Sc1ncccn1)c1cccc(Cl)c1. The molecule has 0 aliphatic heterocycles. The number of carbonyl (C=O) groups excluding carboxylic acids is 1. The molecule has 3 rings (SSSR count). The van der Waals surface area contributed by atoms with Crippen LogP contribution in [-0.4, -0.2) is 27.0 Å². The normalized spacial score (nSPS) is 10.8. The van der Waals surface area contributed by atoms with E-state index in [1.165, 1.54) is 36.2 Å². The van der Waals surface area contributed by atoms with Crippen molar-refractivity contribution >= 4 is 41.2 Å². The van der Waals surface area contributed by atoms with E-state index in [2.05, 4.69) is 20.5 Å². The summed E-state index contributed by atoms with van der Waals surface area (Å²) in [6, 6.07) is 12.4. The summed E-state index contributed by atoms with van der Waals surface area (Å²) in [6.07, 6.45) is 4.53. The van der Waals surface area contributed by atoms with E-state index in [4.69, 9.17) is 11.6 Å². The Morgan fingerprint density at radius 3 is 2.68 bits per heavy atom. The first-order valence-corrected chi connectivity index (χ1v) is 9.04. The van der Waals surface area contributed by atoms with Crippen LogP contribution in [0.1, 0.15) is 15.9 Å². The van der Waals surface area contributed by atoms with Gasteiger partial charge in [0.25, 0.3) is 11.6 Å². The molecule has 0 spiro atoms. The summed E-state index contributed by atoms with van der Waals surface area (Å²) < 4.78 is 0. The highest BCUT2D eigenvalue weighted by atomic mass is 35.5. The maximum Gasteiger partial charge on any atom is 0.271 e. The standard InChI is InChI=1S/C18H12ClN5O3S/c19-14-4-1-3-12(9-14)17(25)23-22-11-13-10-15(24(26)27)5-6-16(13)28-18-20-7-2-8-21-18/h1-11H,(H,23,25)/b22-11+. The number of hydrogen-bond acceptors (Lipinski definition) is 7. The molecule has 0 saturated heterocycles. The summed E-state index contributed by atoms with van der Waals surface area (Å²) in [5, 5.41) is 15.9. The number of rotatable bonds is 6. The number of nitro groups is 1. The predicted molar refractivity (Wildman–Crippen MR) is 106 cm³/mol. The molecule has 0 atom stereocenters. The lowest BCUT2D eigenvalue weighted by Crippen LogP contribution is -2.17. The van der Waals surface area contributed by atoms with E-state index in [-0.39, 0.29) is 5.69 Å². The second kappa shape index (κ2) is 9.07. The van der Waals surface area contributed by atoms with Gasteiger partial charge in [0.15, 0.2) is 5.16 Å². The first kappa shape index (κ1) is 19.5. The van der Waals surface area contributed by atoms with Crippen molar-refractivity contribution < 1.29 is 9.72 Å². The highest BCUT2D eigenvalue weighted by Gasteiger charge is 2.12. The maximum atomic E-state index is 12.1. The summed E-state index contributed by atoms with van der Waals surface area (Å²) >= 11 is 7.09. The van der Waals surface area contributed by atoms with Gasteiger partial charge in [0, 0.05) is 45.6 Å². The van der Waals surface area contributed by atoms with Gasteiger partial charge in [-0.1, -0.05) is 17.7 Å². The Kier molecular flexibility index (Phi) is 6.30. The van der Waals surface area contributed by atoms with Crippen molar-refractivity contribution in [1.29, 1.82) is 0 Å². The number of nitrogens with one attached hydrogen (secondary N) is 1. The van der Waals surface area contributed by atoms with Gasteiger partial charge in [-0.15, -0.1) is 0 Å². The van der Waals surface area contributed by atoms with Gasteiger partial charge in [0.1, 0.15) is 0 Å². The smallest absolute Gasteiger partial charge is 0.267 e. The van der Waals surface area contributed by atoms with Gasteiger partial charge in [-0.25, -0.2) is 15.4 Å². The fraction of sp³-hybridized carbons (Fsp3) is 0. The van der Waals surface area contributed by atoms with E-state index in [0.717, 1.165) is 0 Å². The number of halogens is 1. The van der Waals surface area contributed by atoms with E-state index in [1.54, 1.807) is 42.7 Å². The van der Waals surface area contributed by atoms with Crippen LogP contribution in [0.3, 0.4) is 0 Å². The topological polar surface area (TPSA) is 110 Å². The molecule has 3 aromatic rings. The number of nitro benzene ring substituents is 1. The molecule has 0 fully saturated rings. The number of nitrogens with zero attached hydrogens (tertiary/aromatic N) is 4. The van der Waals surface area contributed by atoms with Crippen LogP contribution < -0.4 is 5.43 Å². The lowest BCUT2D eigenvalue weighted by Gasteiger charge is -2.05. The number of amides is 1. The second-order valence-electron chi connectivity index (χ2n) is 5.32. The molecule has 1 aromatic heterocycles. The second-order valence-corrected chi connectivity index (χ2v) is 6.77. The summed E-state index contributed by atoms with van der Waals surface area (Å²) in [5.41, 5.74) is 3.07. The van der Waals surface area contributed by atoms with Gasteiger partial charge in [0.2, 0.25) is 0 Å². The molecular formula is C18H12ClN5O3S. The van der Waals surface area contributed by atoms with Gasteiger partial charge in [-0.05, 0) is 42.1 Å². The molecule has 8 nitrogen and oxygen atoms in total. The summed E-state index contributed by atoms with van der Waals surface area (Å²) in [6.45, 7) is 0. The van der Waals surface area contributed by atoms with E-state index in [1.807, 2.05) is 0 Å². The molecule has 1 amide bonds. The molecule has 0 aliphatic rings. The zero-order valence-corrected chi connectivity index (χ0v) is 15.7. The molecule has 0 radical (unpaired) electrons. The third-order valence-electron chi connectivity index (χ3n) is 3.40. The Bertz CT molecular complexity index is 1050. The Hall–Kier alpha value is -3.30. The Balaban J connectivity index is 1.82. The molecule has 1 N–H and O–H groups in total. The Morgan fingerprint density at radius 2 is 1.96 bits per heavy atom. The summed E-state index contributed by atoms with van der Waals surface area (Å²) in [7, 11) is 0. The van der Waals surface area contributed by atoms with Crippen molar-refractivity contribution in [3.05, 3.63) is 87.2 Å². The molecule has 140 valence electrons. The average molecular weight is 414 g/mol. The fourth-order valence-electron chi connectivity index (χ4n) is 2.13. The van der Waals surface area contributed by atoms with Crippen LogP contribution >= 0.6 is 23.4 Å². The predicted octanol–water partition coefficient (Wildman–Crippen LogP) is 3.95. The monoisotopic (exact) mass is 413 g/mol. The summed E-state index contributed by atoms with van der Waals surface area (Å²) in [4.78, 5) is 31.6. The fourth-order valence-corrected chi connectivity index (χ4v) is 3.11. The van der Waals surface area contributed by atoms with Gasteiger partial charge >= 0.3 is 0 Å². The summed E-state index contributed by atoms with van der Waals surface area (Å²) in [5.74, 6) is -0.454. The molecule has 0 saturated carbocycles. The van der Waals surface area contributed by atoms with E-state index in [0.29, 0.717) is 26.2 Å². The number of carbonyl (C=O) groups is 1.